The lowest BCUT2D eigenvalue weighted by Gasteiger charge is -2.30. The minimum atomic E-state index is -0.185. The summed E-state index contributed by atoms with van der Waals surface area (Å²) >= 11 is 0. The van der Waals surface area contributed by atoms with Gasteiger partial charge in [0.1, 0.15) is 0 Å². The first-order valence-electron chi connectivity index (χ1n) is 27.8. The molecule has 0 nitrogen and oxygen atoms in total. The summed E-state index contributed by atoms with van der Waals surface area (Å²) in [5.74, 6) is 1.42. The highest BCUT2D eigenvalue weighted by atomic mass is 14.3. The van der Waals surface area contributed by atoms with Gasteiger partial charge < -0.3 is 0 Å². The lowest BCUT2D eigenvalue weighted by Crippen LogP contribution is -2.19. The Balaban J connectivity index is 0.00000101. The molecule has 9 rings (SSSR count). The zero-order chi connectivity index (χ0) is 53.6. The number of hydrogen-bond acceptors (Lipinski definition) is 0. The quantitative estimate of drug-likeness (QED) is 0.0798. The Bertz CT molecular complexity index is 3280. The molecule has 0 radical (unpaired) electrons. The van der Waals surface area contributed by atoms with Gasteiger partial charge in [0.05, 0.1) is 0 Å². The van der Waals surface area contributed by atoms with Crippen molar-refractivity contribution in [3.63, 3.8) is 0 Å². The molecule has 0 aliphatic heterocycles. The smallest absolute Gasteiger partial charge is 0.0155 e. The van der Waals surface area contributed by atoms with Crippen LogP contribution in [0.2, 0.25) is 0 Å². The minimum absolute atomic E-state index is 0.185. The molecule has 76 heavy (non-hydrogen) atoms. The Morgan fingerprint density at radius 3 is 1.86 bits per heavy atom. The highest BCUT2D eigenvalue weighted by molar-refractivity contribution is 5.73. The zero-order valence-corrected chi connectivity index (χ0v) is 46.9. The van der Waals surface area contributed by atoms with Gasteiger partial charge in [-0.1, -0.05) is 287 Å². The van der Waals surface area contributed by atoms with Gasteiger partial charge in [0.2, 0.25) is 0 Å². The molecular formula is C76H80. The predicted molar refractivity (Wildman–Crippen MR) is 330 cm³/mol. The van der Waals surface area contributed by atoms with Crippen molar-refractivity contribution in [2.24, 2.45) is 5.92 Å². The summed E-state index contributed by atoms with van der Waals surface area (Å²) in [6.45, 7) is 24.3. The molecule has 384 valence electrons. The van der Waals surface area contributed by atoms with Gasteiger partial charge in [-0.2, -0.15) is 0 Å². The van der Waals surface area contributed by atoms with Gasteiger partial charge in [-0.25, -0.2) is 0 Å². The zero-order valence-electron chi connectivity index (χ0n) is 46.9. The molecule has 0 N–H and O–H groups in total. The molecular weight excluding hydrogens is 913 g/mol. The number of hydrogen-bond donors (Lipinski definition) is 0. The van der Waals surface area contributed by atoms with Crippen LogP contribution >= 0.6 is 0 Å². The molecule has 0 saturated carbocycles. The summed E-state index contributed by atoms with van der Waals surface area (Å²) in [5.41, 5.74) is 23.6. The third-order valence-corrected chi connectivity index (χ3v) is 15.9. The van der Waals surface area contributed by atoms with Gasteiger partial charge in [-0.05, 0) is 162 Å². The van der Waals surface area contributed by atoms with Crippen LogP contribution in [0.5, 0.6) is 0 Å². The standard InChI is InChI=1S/C69H72.C7H8/c1-10-64(57-32-27-50(5)28-33-57)66-44-40-61(46-60(66)22-16-11-13-19-48(2)3)68(58-20-14-12-15-21-58)52(7)54-34-36-55(37-35-54)56-38-42-62(43-39-56)69(8,9)63-41-29-51(6)67(47-63)65-24-18-17-23-59(65)45-53-30-25-49(4)26-31-53;1-7-5-3-2-4-6-7/h11-21,23-32,34-44,46-47,52,57,64,68H,2,10,22,33,45H2,1,3-9H3;2-6H,1H3/b16-11-,19-13-;. The van der Waals surface area contributed by atoms with Crippen LogP contribution in [-0.4, -0.2) is 0 Å². The van der Waals surface area contributed by atoms with Crippen LogP contribution in [0.25, 0.3) is 22.3 Å². The van der Waals surface area contributed by atoms with Crippen molar-refractivity contribution in [1.82, 2.24) is 0 Å². The number of aryl methyl sites for hydroxylation is 3. The molecule has 0 amide bonds. The topological polar surface area (TPSA) is 0 Å². The van der Waals surface area contributed by atoms with Crippen molar-refractivity contribution in [2.45, 2.75) is 111 Å². The maximum atomic E-state index is 4.05. The third-order valence-electron chi connectivity index (χ3n) is 15.9. The Kier molecular flexibility index (Phi) is 18.6. The van der Waals surface area contributed by atoms with Crippen molar-refractivity contribution in [3.8, 4) is 22.3 Å². The predicted octanol–water partition coefficient (Wildman–Crippen LogP) is 20.7. The Hall–Kier alpha value is -7.54. The molecule has 0 spiro atoms. The van der Waals surface area contributed by atoms with Gasteiger partial charge in [-0.15, -0.1) is 0 Å². The van der Waals surface area contributed by atoms with Crippen molar-refractivity contribution in [3.05, 3.63) is 321 Å². The summed E-state index contributed by atoms with van der Waals surface area (Å²) in [6.07, 6.45) is 19.9. The molecule has 8 aromatic rings. The average molecular weight is 993 g/mol. The van der Waals surface area contributed by atoms with Gasteiger partial charge in [-0.3, -0.25) is 0 Å². The molecule has 0 aromatic heterocycles. The van der Waals surface area contributed by atoms with Crippen LogP contribution < -0.4 is 0 Å². The van der Waals surface area contributed by atoms with E-state index in [2.05, 4.69) is 280 Å². The monoisotopic (exact) mass is 993 g/mol. The lowest BCUT2D eigenvalue weighted by atomic mass is 9.74. The first-order valence-corrected chi connectivity index (χ1v) is 27.8. The molecule has 4 atom stereocenters. The Morgan fingerprint density at radius 1 is 0.605 bits per heavy atom. The molecule has 0 saturated heterocycles. The maximum absolute atomic E-state index is 4.05. The van der Waals surface area contributed by atoms with Gasteiger partial charge in [0.15, 0.2) is 0 Å². The summed E-state index contributed by atoms with van der Waals surface area (Å²) in [4.78, 5) is 0. The van der Waals surface area contributed by atoms with E-state index in [1.54, 1.807) is 0 Å². The van der Waals surface area contributed by atoms with Crippen molar-refractivity contribution in [1.29, 1.82) is 0 Å². The van der Waals surface area contributed by atoms with E-state index in [-0.39, 0.29) is 17.3 Å². The molecule has 0 bridgehead atoms. The Labute approximate surface area is 458 Å². The van der Waals surface area contributed by atoms with E-state index < -0.39 is 0 Å². The van der Waals surface area contributed by atoms with Crippen molar-refractivity contribution >= 4 is 0 Å². The normalized spacial score (nSPS) is 14.7. The van der Waals surface area contributed by atoms with Crippen LogP contribution in [0.15, 0.2) is 254 Å². The average Bonchev–Trinajstić information content (AvgIpc) is 3.46. The first-order chi connectivity index (χ1) is 36.8. The largest absolute Gasteiger partial charge is 0.0961 e. The van der Waals surface area contributed by atoms with E-state index in [0.29, 0.717) is 11.8 Å². The molecule has 0 fully saturated rings. The summed E-state index contributed by atoms with van der Waals surface area (Å²) in [6, 6.07) is 72.5. The fourth-order valence-corrected chi connectivity index (χ4v) is 11.2. The van der Waals surface area contributed by atoms with Crippen molar-refractivity contribution < 1.29 is 0 Å². The van der Waals surface area contributed by atoms with E-state index in [0.717, 1.165) is 31.3 Å². The molecule has 0 heterocycles. The van der Waals surface area contributed by atoms with E-state index in [9.17, 15) is 0 Å². The maximum Gasteiger partial charge on any atom is 0.0155 e. The minimum Gasteiger partial charge on any atom is -0.0961 e. The fourth-order valence-electron chi connectivity index (χ4n) is 11.2. The second-order valence-corrected chi connectivity index (χ2v) is 22.0. The van der Waals surface area contributed by atoms with Gasteiger partial charge in [0.25, 0.3) is 0 Å². The summed E-state index contributed by atoms with van der Waals surface area (Å²) in [7, 11) is 0. The summed E-state index contributed by atoms with van der Waals surface area (Å²) in [5, 5.41) is 0. The van der Waals surface area contributed by atoms with Gasteiger partial charge >= 0.3 is 0 Å². The van der Waals surface area contributed by atoms with E-state index in [1.165, 1.54) is 94.6 Å². The summed E-state index contributed by atoms with van der Waals surface area (Å²) < 4.78 is 0. The van der Waals surface area contributed by atoms with Crippen LogP contribution in [-0.2, 0) is 18.3 Å². The lowest BCUT2D eigenvalue weighted by molar-refractivity contribution is 0.490. The van der Waals surface area contributed by atoms with Crippen LogP contribution in [0.4, 0.5) is 0 Å². The fraction of sp³-hybridized carbons (Fsp3) is 0.237. The van der Waals surface area contributed by atoms with Crippen molar-refractivity contribution in [2.75, 3.05) is 0 Å². The highest BCUT2D eigenvalue weighted by Crippen LogP contribution is 2.43. The van der Waals surface area contributed by atoms with Gasteiger partial charge in [0, 0.05) is 11.3 Å². The first kappa shape index (κ1) is 54.7. The SMILES string of the molecule is C=C(C)/C=C\C=C/Cc1cc(C(c2ccccc2)C(C)c2ccc(-c3ccc(C(C)(C)c4ccc(C)c(-c5ccccc5Cc5ccc(C)cc5)c4)cc3)cc2)ccc1C(CC)C1C=CC(C)=CC1.Cc1ccccc1. The molecule has 8 aromatic carbocycles. The second-order valence-electron chi connectivity index (χ2n) is 22.0. The van der Waals surface area contributed by atoms with Crippen LogP contribution in [0, 0.1) is 26.7 Å². The Morgan fingerprint density at radius 2 is 1.22 bits per heavy atom. The molecule has 0 heteroatoms. The number of allylic oxidation sites excluding steroid dienone is 9. The number of benzene rings is 8. The molecule has 4 unspecified atom stereocenters. The van der Waals surface area contributed by atoms with Crippen LogP contribution in [0.1, 0.15) is 139 Å². The molecule has 1 aliphatic rings. The third kappa shape index (κ3) is 13.8. The second kappa shape index (κ2) is 25.8. The molecule has 1 aliphatic carbocycles. The van der Waals surface area contributed by atoms with E-state index in [1.807, 2.05) is 25.1 Å². The van der Waals surface area contributed by atoms with E-state index >= 15 is 0 Å². The number of rotatable bonds is 17. The van der Waals surface area contributed by atoms with E-state index in [4.69, 9.17) is 0 Å². The highest BCUT2D eigenvalue weighted by Gasteiger charge is 2.28. The van der Waals surface area contributed by atoms with Crippen LogP contribution in [0.3, 0.4) is 0 Å².